The van der Waals surface area contributed by atoms with Crippen LogP contribution in [0.4, 0.5) is 5.69 Å². The van der Waals surface area contributed by atoms with E-state index in [9.17, 15) is 4.79 Å². The maximum Gasteiger partial charge on any atom is 0.260 e. The summed E-state index contributed by atoms with van der Waals surface area (Å²) in [5, 5.41) is 3.60. The summed E-state index contributed by atoms with van der Waals surface area (Å²) in [6, 6.07) is 19.9. The number of nitrogens with one attached hydrogen (secondary N) is 1. The number of carbonyl (C=O) groups excluding carboxylic acids is 1. The van der Waals surface area contributed by atoms with Gasteiger partial charge in [0.2, 0.25) is 0 Å². The highest BCUT2D eigenvalue weighted by Crippen LogP contribution is 2.36. The average Bonchev–Trinajstić information content (AvgIpc) is 3.18. The molecule has 0 bridgehead atoms. The number of fused-ring (bicyclic) bond motifs is 1. The molecule has 1 aromatic heterocycles. The molecule has 0 aliphatic rings. The maximum absolute atomic E-state index is 13.3. The fraction of sp³-hybridized carbons (Fsp3) is 0.125. The Hall–Kier alpha value is -3.93. The van der Waals surface area contributed by atoms with E-state index < -0.39 is 0 Å². The number of benzene rings is 3. The second-order valence-electron chi connectivity index (χ2n) is 6.58. The molecule has 6 nitrogen and oxygen atoms in total. The third-order valence-corrected chi connectivity index (χ3v) is 4.80. The highest BCUT2D eigenvalue weighted by atomic mass is 16.5. The third-order valence-electron chi connectivity index (χ3n) is 4.80. The van der Waals surface area contributed by atoms with Crippen LogP contribution in [0.2, 0.25) is 0 Å². The first-order chi connectivity index (χ1) is 14.6. The Morgan fingerprint density at radius 3 is 2.17 bits per heavy atom. The molecule has 0 spiro atoms. The third kappa shape index (κ3) is 3.67. The van der Waals surface area contributed by atoms with Gasteiger partial charge in [-0.05, 0) is 54.6 Å². The van der Waals surface area contributed by atoms with Crippen LogP contribution in [0, 0.1) is 0 Å². The largest absolute Gasteiger partial charge is 0.497 e. The highest BCUT2D eigenvalue weighted by Gasteiger charge is 2.23. The smallest absolute Gasteiger partial charge is 0.260 e. The summed E-state index contributed by atoms with van der Waals surface area (Å²) in [4.78, 5) is 13.3. The van der Waals surface area contributed by atoms with Gasteiger partial charge in [-0.15, -0.1) is 0 Å². The van der Waals surface area contributed by atoms with E-state index in [0.717, 1.165) is 11.3 Å². The Balaban J connectivity index is 1.82. The minimum absolute atomic E-state index is 0.291. The van der Waals surface area contributed by atoms with Crippen molar-refractivity contribution in [1.82, 2.24) is 0 Å². The number of carbonyl (C=O) groups is 1. The summed E-state index contributed by atoms with van der Waals surface area (Å²) < 4.78 is 21.9. The number of methoxy groups -OCH3 is 3. The van der Waals surface area contributed by atoms with E-state index in [2.05, 4.69) is 5.32 Å². The Bertz CT molecular complexity index is 1190. The van der Waals surface area contributed by atoms with Crippen molar-refractivity contribution in [2.24, 2.45) is 0 Å². The first-order valence-corrected chi connectivity index (χ1v) is 9.33. The zero-order chi connectivity index (χ0) is 21.1. The van der Waals surface area contributed by atoms with Gasteiger partial charge in [-0.25, -0.2) is 0 Å². The van der Waals surface area contributed by atoms with E-state index in [1.54, 1.807) is 51.7 Å². The summed E-state index contributed by atoms with van der Waals surface area (Å²) in [5.41, 5.74) is 2.41. The first-order valence-electron chi connectivity index (χ1n) is 9.33. The van der Waals surface area contributed by atoms with Crippen LogP contribution in [0.25, 0.3) is 22.3 Å². The molecule has 1 N–H and O–H groups in total. The van der Waals surface area contributed by atoms with E-state index >= 15 is 0 Å². The minimum atomic E-state index is -0.291. The van der Waals surface area contributed by atoms with Crippen molar-refractivity contribution in [3.05, 3.63) is 72.3 Å². The zero-order valence-electron chi connectivity index (χ0n) is 16.9. The lowest BCUT2D eigenvalue weighted by molar-refractivity contribution is 0.102. The summed E-state index contributed by atoms with van der Waals surface area (Å²) in [7, 11) is 4.77. The van der Waals surface area contributed by atoms with Gasteiger partial charge in [-0.3, -0.25) is 4.79 Å². The van der Waals surface area contributed by atoms with Crippen LogP contribution >= 0.6 is 0 Å². The molecule has 6 heteroatoms. The van der Waals surface area contributed by atoms with Crippen molar-refractivity contribution < 1.29 is 23.4 Å². The Morgan fingerprint density at radius 1 is 0.800 bits per heavy atom. The first kappa shape index (κ1) is 19.4. The Labute approximate surface area is 174 Å². The number of ether oxygens (including phenoxy) is 3. The topological polar surface area (TPSA) is 69.9 Å². The molecule has 152 valence electrons. The number of hydrogen-bond donors (Lipinski definition) is 1. The minimum Gasteiger partial charge on any atom is -0.497 e. The van der Waals surface area contributed by atoms with E-state index in [0.29, 0.717) is 39.5 Å². The summed E-state index contributed by atoms with van der Waals surface area (Å²) >= 11 is 0. The summed E-state index contributed by atoms with van der Waals surface area (Å²) in [5.74, 6) is 2.20. The van der Waals surface area contributed by atoms with Crippen LogP contribution in [0.15, 0.2) is 71.1 Å². The van der Waals surface area contributed by atoms with E-state index in [-0.39, 0.29) is 5.91 Å². The second-order valence-corrected chi connectivity index (χ2v) is 6.58. The molecule has 0 saturated heterocycles. The lowest BCUT2D eigenvalue weighted by Gasteiger charge is -2.08. The van der Waals surface area contributed by atoms with Crippen molar-refractivity contribution >= 4 is 22.6 Å². The monoisotopic (exact) mass is 403 g/mol. The second kappa shape index (κ2) is 8.21. The van der Waals surface area contributed by atoms with Gasteiger partial charge < -0.3 is 23.9 Å². The van der Waals surface area contributed by atoms with Gasteiger partial charge in [0.1, 0.15) is 28.6 Å². The fourth-order valence-electron chi connectivity index (χ4n) is 3.27. The van der Waals surface area contributed by atoms with Crippen LogP contribution in [0.3, 0.4) is 0 Å². The zero-order valence-corrected chi connectivity index (χ0v) is 16.9. The lowest BCUT2D eigenvalue weighted by Crippen LogP contribution is -2.12. The Morgan fingerprint density at radius 2 is 1.47 bits per heavy atom. The molecule has 0 radical (unpaired) electrons. The molecule has 1 amide bonds. The number of anilines is 1. The van der Waals surface area contributed by atoms with E-state index in [1.807, 2.05) is 36.4 Å². The standard InChI is InChI=1S/C24H21NO5/c1-27-17-9-7-15(8-10-17)23-22(20-14-19(29-3)11-12-21(20)30-23)24(26)25-16-5-4-6-18(13-16)28-2/h4-14H,1-3H3,(H,25,26). The van der Waals surface area contributed by atoms with Crippen LogP contribution in [0.5, 0.6) is 17.2 Å². The van der Waals surface area contributed by atoms with Crippen molar-refractivity contribution in [1.29, 1.82) is 0 Å². The van der Waals surface area contributed by atoms with Crippen molar-refractivity contribution in [3.63, 3.8) is 0 Å². The van der Waals surface area contributed by atoms with Crippen LogP contribution < -0.4 is 19.5 Å². The fourth-order valence-corrected chi connectivity index (χ4v) is 3.27. The van der Waals surface area contributed by atoms with Gasteiger partial charge in [-0.2, -0.15) is 0 Å². The van der Waals surface area contributed by atoms with Crippen molar-refractivity contribution in [2.75, 3.05) is 26.6 Å². The van der Waals surface area contributed by atoms with Gasteiger partial charge in [0.05, 0.1) is 26.9 Å². The van der Waals surface area contributed by atoms with E-state index in [1.165, 1.54) is 0 Å². The molecule has 0 saturated carbocycles. The summed E-state index contributed by atoms with van der Waals surface area (Å²) in [6.45, 7) is 0. The molecule has 30 heavy (non-hydrogen) atoms. The molecule has 0 atom stereocenters. The molecule has 3 aromatic carbocycles. The van der Waals surface area contributed by atoms with Crippen molar-refractivity contribution in [2.45, 2.75) is 0 Å². The number of rotatable bonds is 6. The van der Waals surface area contributed by atoms with Gasteiger partial charge in [0, 0.05) is 22.7 Å². The highest BCUT2D eigenvalue weighted by molar-refractivity contribution is 6.16. The van der Waals surface area contributed by atoms with Crippen LogP contribution in [-0.4, -0.2) is 27.2 Å². The lowest BCUT2D eigenvalue weighted by atomic mass is 10.0. The molecule has 4 rings (SSSR count). The number of amides is 1. The quantitative estimate of drug-likeness (QED) is 0.468. The molecular formula is C24H21NO5. The summed E-state index contributed by atoms with van der Waals surface area (Å²) in [6.07, 6.45) is 0. The Kier molecular flexibility index (Phi) is 5.30. The predicted octanol–water partition coefficient (Wildman–Crippen LogP) is 5.38. The maximum atomic E-state index is 13.3. The van der Waals surface area contributed by atoms with E-state index in [4.69, 9.17) is 18.6 Å². The molecule has 0 unspecified atom stereocenters. The van der Waals surface area contributed by atoms with Gasteiger partial charge in [-0.1, -0.05) is 6.07 Å². The SMILES string of the molecule is COc1ccc(-c2oc3ccc(OC)cc3c2C(=O)Nc2cccc(OC)c2)cc1. The molecular weight excluding hydrogens is 382 g/mol. The molecule has 4 aromatic rings. The van der Waals surface area contributed by atoms with Crippen molar-refractivity contribution in [3.8, 4) is 28.6 Å². The van der Waals surface area contributed by atoms with Gasteiger partial charge >= 0.3 is 0 Å². The van der Waals surface area contributed by atoms with Gasteiger partial charge in [0.25, 0.3) is 5.91 Å². The normalized spacial score (nSPS) is 10.6. The predicted molar refractivity (Wildman–Crippen MR) is 116 cm³/mol. The molecule has 0 aliphatic heterocycles. The van der Waals surface area contributed by atoms with Crippen LogP contribution in [0.1, 0.15) is 10.4 Å². The number of furan rings is 1. The number of hydrogen-bond acceptors (Lipinski definition) is 5. The molecule has 0 aliphatic carbocycles. The molecule has 0 fully saturated rings. The van der Waals surface area contributed by atoms with Crippen LogP contribution in [-0.2, 0) is 0 Å². The molecule has 1 heterocycles. The van der Waals surface area contributed by atoms with Gasteiger partial charge in [0.15, 0.2) is 0 Å². The average molecular weight is 403 g/mol.